The summed E-state index contributed by atoms with van der Waals surface area (Å²) in [5, 5.41) is 3.57. The minimum atomic E-state index is -1.18. The van der Waals surface area contributed by atoms with Crippen LogP contribution in [0.15, 0.2) is 40.9 Å². The molecule has 0 saturated carbocycles. The lowest BCUT2D eigenvalue weighted by molar-refractivity contribution is -0.135. The van der Waals surface area contributed by atoms with Gasteiger partial charge in [0.05, 0.1) is 23.2 Å². The summed E-state index contributed by atoms with van der Waals surface area (Å²) in [6.45, 7) is 2.55. The Bertz CT molecular complexity index is 1200. The lowest BCUT2D eigenvalue weighted by Crippen LogP contribution is -2.54. The van der Waals surface area contributed by atoms with Gasteiger partial charge in [0.2, 0.25) is 17.7 Å². The molecule has 2 aromatic carbocycles. The monoisotopic (exact) mass is 499 g/mol. The van der Waals surface area contributed by atoms with Crippen molar-refractivity contribution in [1.29, 1.82) is 0 Å². The molecule has 0 radical (unpaired) electrons. The maximum atomic E-state index is 13.9. The van der Waals surface area contributed by atoms with E-state index in [9.17, 15) is 14.4 Å². The van der Waals surface area contributed by atoms with Crippen molar-refractivity contribution in [3.8, 4) is 0 Å². The van der Waals surface area contributed by atoms with E-state index in [2.05, 4.69) is 26.1 Å². The molecule has 6 rings (SSSR count). The molecule has 3 amide bonds. The molecule has 0 aromatic heterocycles. The molecule has 1 spiro atoms. The zero-order valence-electron chi connectivity index (χ0n) is 16.7. The molecule has 3 saturated heterocycles. The van der Waals surface area contributed by atoms with Gasteiger partial charge in [-0.1, -0.05) is 29.8 Å². The van der Waals surface area contributed by atoms with Gasteiger partial charge in [-0.25, -0.2) is 4.90 Å². The van der Waals surface area contributed by atoms with Crippen molar-refractivity contribution in [2.75, 3.05) is 16.8 Å². The van der Waals surface area contributed by atoms with Gasteiger partial charge >= 0.3 is 0 Å². The Morgan fingerprint density at radius 3 is 2.68 bits per heavy atom. The molecule has 4 aliphatic heterocycles. The number of hydrogen-bond acceptors (Lipinski definition) is 4. The normalized spacial score (nSPS) is 31.4. The SMILES string of the molecule is Cc1c(Cl)ccc2c1NC(=O)[C@]21[C@@H]2C(=O)N(c3ccccc3Br)C(=O)[C@@H]2[C@@H]2CCCN21. The van der Waals surface area contributed by atoms with E-state index in [0.29, 0.717) is 27.4 Å². The van der Waals surface area contributed by atoms with Crippen molar-refractivity contribution >= 4 is 56.6 Å². The number of fused-ring (bicyclic) bond motifs is 7. The van der Waals surface area contributed by atoms with Crippen molar-refractivity contribution in [2.45, 2.75) is 31.3 Å². The minimum Gasteiger partial charge on any atom is -0.324 e. The fourth-order valence-corrected chi connectivity index (χ4v) is 6.88. The largest absolute Gasteiger partial charge is 0.324 e. The van der Waals surface area contributed by atoms with Crippen LogP contribution in [-0.4, -0.2) is 35.2 Å². The smallest absolute Gasteiger partial charge is 0.250 e. The van der Waals surface area contributed by atoms with Crippen molar-refractivity contribution in [3.63, 3.8) is 0 Å². The highest BCUT2D eigenvalue weighted by molar-refractivity contribution is 9.10. The predicted molar refractivity (Wildman–Crippen MR) is 120 cm³/mol. The van der Waals surface area contributed by atoms with Crippen LogP contribution in [0.5, 0.6) is 0 Å². The number of amides is 3. The molecule has 0 bridgehead atoms. The molecule has 2 aromatic rings. The quantitative estimate of drug-likeness (QED) is 0.604. The Morgan fingerprint density at radius 1 is 1.13 bits per heavy atom. The molecule has 0 unspecified atom stereocenters. The first-order chi connectivity index (χ1) is 14.9. The van der Waals surface area contributed by atoms with Crippen molar-refractivity contribution in [3.05, 3.63) is 57.0 Å². The maximum Gasteiger partial charge on any atom is 0.250 e. The Hall–Kier alpha value is -2.22. The van der Waals surface area contributed by atoms with E-state index in [1.165, 1.54) is 4.90 Å². The molecule has 31 heavy (non-hydrogen) atoms. The molecule has 6 nitrogen and oxygen atoms in total. The molecule has 8 heteroatoms. The van der Waals surface area contributed by atoms with Gasteiger partial charge in [0, 0.05) is 21.1 Å². The third-order valence-corrected chi connectivity index (χ3v) is 8.54. The number of imide groups is 1. The van der Waals surface area contributed by atoms with Gasteiger partial charge in [0.25, 0.3) is 0 Å². The van der Waals surface area contributed by atoms with Crippen molar-refractivity contribution in [1.82, 2.24) is 4.90 Å². The highest BCUT2D eigenvalue weighted by atomic mass is 79.9. The summed E-state index contributed by atoms with van der Waals surface area (Å²) in [5.74, 6) is -2.08. The number of carbonyl (C=O) groups excluding carboxylic acids is 3. The number of nitrogens with one attached hydrogen (secondary N) is 1. The lowest BCUT2D eigenvalue weighted by Gasteiger charge is -2.36. The van der Waals surface area contributed by atoms with Gasteiger partial charge < -0.3 is 5.32 Å². The van der Waals surface area contributed by atoms with E-state index >= 15 is 0 Å². The van der Waals surface area contributed by atoms with E-state index in [0.717, 1.165) is 24.0 Å². The third-order valence-electron chi connectivity index (χ3n) is 7.46. The number of halogens is 2. The summed E-state index contributed by atoms with van der Waals surface area (Å²) < 4.78 is 0.674. The average molecular weight is 501 g/mol. The van der Waals surface area contributed by atoms with Gasteiger partial charge in [-0.3, -0.25) is 19.3 Å². The number of para-hydroxylation sites is 1. The number of rotatable bonds is 1. The number of nitrogens with zero attached hydrogens (tertiary/aromatic N) is 2. The van der Waals surface area contributed by atoms with Crippen LogP contribution in [0.25, 0.3) is 0 Å². The van der Waals surface area contributed by atoms with Crippen LogP contribution in [0.4, 0.5) is 11.4 Å². The second-order valence-electron chi connectivity index (χ2n) is 8.69. The number of benzene rings is 2. The summed E-state index contributed by atoms with van der Waals surface area (Å²) in [6.07, 6.45) is 1.68. The van der Waals surface area contributed by atoms with Gasteiger partial charge in [0.15, 0.2) is 0 Å². The molecule has 1 N–H and O–H groups in total. The molecule has 4 aliphatic rings. The molecule has 0 aliphatic carbocycles. The zero-order valence-corrected chi connectivity index (χ0v) is 19.0. The first kappa shape index (κ1) is 19.5. The van der Waals surface area contributed by atoms with Gasteiger partial charge in [-0.2, -0.15) is 0 Å². The summed E-state index contributed by atoms with van der Waals surface area (Å²) in [6, 6.07) is 10.7. The Labute approximate surface area is 192 Å². The molecular formula is C23H19BrClN3O3. The number of carbonyl (C=O) groups is 3. The van der Waals surface area contributed by atoms with Crippen LogP contribution < -0.4 is 10.2 Å². The molecule has 158 valence electrons. The number of anilines is 2. The highest BCUT2D eigenvalue weighted by Crippen LogP contribution is 2.61. The standard InChI is InChI=1S/C23H19BrClN3O3/c1-11-14(25)9-8-12-19(11)26-22(31)23(12)18-17(16-7-4-10-27(16)23)20(29)28(21(18)30)15-6-3-2-5-13(15)24/h2-3,5-6,8-9,16-18H,4,7,10H2,1H3,(H,26,31)/t16-,17+,18-,23+/m0/s1. The second kappa shape index (κ2) is 6.40. The van der Waals surface area contributed by atoms with E-state index in [1.54, 1.807) is 18.2 Å². The first-order valence-electron chi connectivity index (χ1n) is 10.4. The maximum absolute atomic E-state index is 13.9. The zero-order chi connectivity index (χ0) is 21.7. The fourth-order valence-electron chi connectivity index (χ4n) is 6.26. The summed E-state index contributed by atoms with van der Waals surface area (Å²) in [7, 11) is 0. The second-order valence-corrected chi connectivity index (χ2v) is 9.95. The summed E-state index contributed by atoms with van der Waals surface area (Å²) in [5.41, 5.74) is 1.55. The topological polar surface area (TPSA) is 69.7 Å². The Morgan fingerprint density at radius 2 is 1.90 bits per heavy atom. The van der Waals surface area contributed by atoms with E-state index in [1.807, 2.05) is 25.1 Å². The third kappa shape index (κ3) is 2.19. The average Bonchev–Trinajstić information content (AvgIpc) is 3.45. The Kier molecular flexibility index (Phi) is 4.02. The summed E-state index contributed by atoms with van der Waals surface area (Å²) in [4.78, 5) is 44.7. The molecular weight excluding hydrogens is 482 g/mol. The van der Waals surface area contributed by atoms with Crippen LogP contribution in [0, 0.1) is 18.8 Å². The fraction of sp³-hybridized carbons (Fsp3) is 0.348. The van der Waals surface area contributed by atoms with Crippen LogP contribution >= 0.6 is 27.5 Å². The highest BCUT2D eigenvalue weighted by Gasteiger charge is 2.74. The van der Waals surface area contributed by atoms with E-state index in [4.69, 9.17) is 11.6 Å². The van der Waals surface area contributed by atoms with E-state index < -0.39 is 17.4 Å². The van der Waals surface area contributed by atoms with Crippen molar-refractivity contribution < 1.29 is 14.4 Å². The lowest BCUT2D eigenvalue weighted by atomic mass is 9.75. The van der Waals surface area contributed by atoms with Crippen LogP contribution in [0.1, 0.15) is 24.0 Å². The van der Waals surface area contributed by atoms with E-state index in [-0.39, 0.29) is 23.8 Å². The van der Waals surface area contributed by atoms with Crippen LogP contribution in [0.2, 0.25) is 5.02 Å². The molecule has 4 heterocycles. The first-order valence-corrected chi connectivity index (χ1v) is 11.6. The number of hydrogen-bond donors (Lipinski definition) is 1. The summed E-state index contributed by atoms with van der Waals surface area (Å²) >= 11 is 9.81. The van der Waals surface area contributed by atoms with Crippen LogP contribution in [0.3, 0.4) is 0 Å². The van der Waals surface area contributed by atoms with Gasteiger partial charge in [-0.05, 0) is 66.0 Å². The van der Waals surface area contributed by atoms with Crippen molar-refractivity contribution in [2.24, 2.45) is 11.8 Å². The Balaban J connectivity index is 1.59. The van der Waals surface area contributed by atoms with Gasteiger partial charge in [0.1, 0.15) is 5.54 Å². The molecule has 4 atom stereocenters. The molecule has 3 fully saturated rings. The van der Waals surface area contributed by atoms with Crippen LogP contribution in [-0.2, 0) is 19.9 Å². The van der Waals surface area contributed by atoms with Gasteiger partial charge in [-0.15, -0.1) is 0 Å². The predicted octanol–water partition coefficient (Wildman–Crippen LogP) is 3.84. The minimum absolute atomic E-state index is 0.137.